The quantitative estimate of drug-likeness (QED) is 0.812. The number of ether oxygens (including phenoxy) is 1. The molecule has 0 saturated carbocycles. The zero-order valence-electron chi connectivity index (χ0n) is 12.3. The molecule has 1 aliphatic heterocycles. The number of halogens is 4. The lowest BCUT2D eigenvalue weighted by Gasteiger charge is -2.28. The number of anilines is 1. The first-order valence-corrected chi connectivity index (χ1v) is 7.19. The highest BCUT2D eigenvalue weighted by Crippen LogP contribution is 2.38. The minimum Gasteiger partial charge on any atom is -0.490 e. The normalized spacial score (nSPS) is 16.7. The summed E-state index contributed by atoms with van der Waals surface area (Å²) in [6.45, 7) is 0.258. The van der Waals surface area contributed by atoms with E-state index < -0.39 is 23.1 Å². The van der Waals surface area contributed by atoms with E-state index in [1.165, 1.54) is 24.3 Å². The molecule has 0 aliphatic carbocycles. The maximum atomic E-state index is 13.8. The van der Waals surface area contributed by atoms with E-state index in [1.807, 2.05) is 0 Å². The Hall–Kier alpha value is -2.75. The van der Waals surface area contributed by atoms with Crippen molar-refractivity contribution < 1.29 is 22.3 Å². The molecule has 0 aromatic heterocycles. The van der Waals surface area contributed by atoms with Gasteiger partial charge in [0.15, 0.2) is 11.6 Å². The van der Waals surface area contributed by atoms with Crippen LogP contribution in [-0.4, -0.2) is 6.61 Å². The molecule has 0 amide bonds. The Morgan fingerprint density at radius 1 is 1.21 bits per heavy atom. The second kappa shape index (κ2) is 6.04. The van der Waals surface area contributed by atoms with Gasteiger partial charge in [0.1, 0.15) is 0 Å². The van der Waals surface area contributed by atoms with Crippen molar-refractivity contribution in [3.05, 3.63) is 58.9 Å². The fourth-order valence-electron chi connectivity index (χ4n) is 2.70. The molecule has 7 heteroatoms. The molecule has 1 atom stereocenters. The number of nitriles is 1. The van der Waals surface area contributed by atoms with Crippen molar-refractivity contribution in [1.82, 2.24) is 0 Å². The Morgan fingerprint density at radius 2 is 2.00 bits per heavy atom. The van der Waals surface area contributed by atoms with E-state index in [-0.39, 0.29) is 24.1 Å². The first-order valence-electron chi connectivity index (χ1n) is 7.19. The topological polar surface area (TPSA) is 45.0 Å². The molecule has 1 N–H and O–H groups in total. The lowest BCUT2D eigenvalue weighted by molar-refractivity contribution is -0.137. The summed E-state index contributed by atoms with van der Waals surface area (Å²) in [4.78, 5) is 0. The molecule has 3 nitrogen and oxygen atoms in total. The van der Waals surface area contributed by atoms with Gasteiger partial charge in [0.25, 0.3) is 0 Å². The van der Waals surface area contributed by atoms with Gasteiger partial charge < -0.3 is 10.1 Å². The van der Waals surface area contributed by atoms with Crippen molar-refractivity contribution in [2.75, 3.05) is 11.9 Å². The molecule has 1 aliphatic rings. The van der Waals surface area contributed by atoms with Crippen molar-refractivity contribution in [3.63, 3.8) is 0 Å². The summed E-state index contributed by atoms with van der Waals surface area (Å²) in [6.07, 6.45) is -4.14. The average molecular weight is 336 g/mol. The smallest absolute Gasteiger partial charge is 0.417 e. The van der Waals surface area contributed by atoms with Crippen LogP contribution in [0.25, 0.3) is 0 Å². The standard InChI is InChI=1S/C17H12F4N2O/c18-14-3-1-2-12-15(6-7-24-16(12)14)23-11-5-4-10(9-22)13(8-11)17(19,20)21/h1-5,8,15,23H,6-7H2/t15-/m0/s1. The molecule has 3 rings (SSSR count). The van der Waals surface area contributed by atoms with E-state index in [9.17, 15) is 17.6 Å². The minimum atomic E-state index is -4.62. The van der Waals surface area contributed by atoms with Gasteiger partial charge in [0, 0.05) is 17.7 Å². The van der Waals surface area contributed by atoms with Crippen molar-refractivity contribution in [2.45, 2.75) is 18.6 Å². The predicted molar refractivity (Wildman–Crippen MR) is 79.0 cm³/mol. The Balaban J connectivity index is 1.94. The summed E-state index contributed by atoms with van der Waals surface area (Å²) in [7, 11) is 0. The molecule has 0 fully saturated rings. The van der Waals surface area contributed by atoms with Crippen molar-refractivity contribution in [3.8, 4) is 11.8 Å². The second-order valence-corrected chi connectivity index (χ2v) is 5.36. The van der Waals surface area contributed by atoms with Gasteiger partial charge in [-0.2, -0.15) is 18.4 Å². The largest absolute Gasteiger partial charge is 0.490 e. The van der Waals surface area contributed by atoms with Gasteiger partial charge in [-0.05, 0) is 24.3 Å². The summed E-state index contributed by atoms with van der Waals surface area (Å²) in [5, 5.41) is 11.8. The first-order chi connectivity index (χ1) is 11.4. The van der Waals surface area contributed by atoms with E-state index in [2.05, 4.69) is 5.32 Å². The number of para-hydroxylation sites is 1. The van der Waals surface area contributed by atoms with Crippen molar-refractivity contribution in [2.24, 2.45) is 0 Å². The highest BCUT2D eigenvalue weighted by Gasteiger charge is 2.34. The Morgan fingerprint density at radius 3 is 2.71 bits per heavy atom. The third-order valence-electron chi connectivity index (χ3n) is 3.81. The summed E-state index contributed by atoms with van der Waals surface area (Å²) >= 11 is 0. The molecule has 24 heavy (non-hydrogen) atoms. The minimum absolute atomic E-state index is 0.117. The van der Waals surface area contributed by atoms with Gasteiger partial charge in [0.05, 0.1) is 29.8 Å². The molecule has 2 aromatic rings. The van der Waals surface area contributed by atoms with Gasteiger partial charge in [-0.15, -0.1) is 0 Å². The van der Waals surface area contributed by atoms with Crippen LogP contribution in [0.2, 0.25) is 0 Å². The predicted octanol–water partition coefficient (Wildman–Crippen LogP) is 4.65. The van der Waals surface area contributed by atoms with Crippen LogP contribution in [0.15, 0.2) is 36.4 Å². The van der Waals surface area contributed by atoms with E-state index >= 15 is 0 Å². The maximum Gasteiger partial charge on any atom is 0.417 e. The zero-order chi connectivity index (χ0) is 17.3. The summed E-state index contributed by atoms with van der Waals surface area (Å²) < 4.78 is 58.2. The number of benzene rings is 2. The highest BCUT2D eigenvalue weighted by molar-refractivity contribution is 5.55. The first kappa shape index (κ1) is 16.1. The lowest BCUT2D eigenvalue weighted by atomic mass is 9.99. The van der Waals surface area contributed by atoms with Crippen LogP contribution in [0, 0.1) is 17.1 Å². The van der Waals surface area contributed by atoms with Crippen LogP contribution < -0.4 is 10.1 Å². The fraction of sp³-hybridized carbons (Fsp3) is 0.235. The summed E-state index contributed by atoms with van der Waals surface area (Å²) in [6, 6.07) is 9.05. The van der Waals surface area contributed by atoms with Crippen LogP contribution in [0.3, 0.4) is 0 Å². The molecule has 0 spiro atoms. The molecular weight excluding hydrogens is 324 g/mol. The van der Waals surface area contributed by atoms with Gasteiger partial charge >= 0.3 is 6.18 Å². The average Bonchev–Trinajstić information content (AvgIpc) is 2.55. The van der Waals surface area contributed by atoms with Gasteiger partial charge in [-0.1, -0.05) is 12.1 Å². The Kier molecular flexibility index (Phi) is 4.06. The van der Waals surface area contributed by atoms with Crippen LogP contribution in [-0.2, 0) is 6.18 Å². The molecule has 0 unspecified atom stereocenters. The SMILES string of the molecule is N#Cc1ccc(N[C@H]2CCOc3c(F)cccc32)cc1C(F)(F)F. The number of fused-ring (bicyclic) bond motifs is 1. The van der Waals surface area contributed by atoms with E-state index in [0.29, 0.717) is 12.0 Å². The van der Waals surface area contributed by atoms with Crippen LogP contribution in [0.5, 0.6) is 5.75 Å². The molecule has 0 radical (unpaired) electrons. The van der Waals surface area contributed by atoms with Crippen LogP contribution in [0.1, 0.15) is 29.2 Å². The molecule has 2 aromatic carbocycles. The monoisotopic (exact) mass is 336 g/mol. The number of nitrogens with one attached hydrogen (secondary N) is 1. The Bertz CT molecular complexity index is 811. The fourth-order valence-corrected chi connectivity index (χ4v) is 2.70. The third kappa shape index (κ3) is 3.00. The van der Waals surface area contributed by atoms with Gasteiger partial charge in [0.2, 0.25) is 0 Å². The molecular formula is C17H12F4N2O. The van der Waals surface area contributed by atoms with Crippen molar-refractivity contribution in [1.29, 1.82) is 5.26 Å². The molecule has 0 saturated heterocycles. The highest BCUT2D eigenvalue weighted by atomic mass is 19.4. The summed E-state index contributed by atoms with van der Waals surface area (Å²) in [5.41, 5.74) is -0.671. The van der Waals surface area contributed by atoms with Gasteiger partial charge in [-0.3, -0.25) is 0 Å². The van der Waals surface area contributed by atoms with E-state index in [0.717, 1.165) is 12.1 Å². The molecule has 0 bridgehead atoms. The van der Waals surface area contributed by atoms with Crippen molar-refractivity contribution >= 4 is 5.69 Å². The second-order valence-electron chi connectivity index (χ2n) is 5.36. The number of alkyl halides is 3. The van der Waals surface area contributed by atoms with E-state index in [1.54, 1.807) is 6.07 Å². The number of hydrogen-bond acceptors (Lipinski definition) is 3. The van der Waals surface area contributed by atoms with Crippen LogP contribution >= 0.6 is 0 Å². The number of hydrogen-bond donors (Lipinski definition) is 1. The maximum absolute atomic E-state index is 13.8. The van der Waals surface area contributed by atoms with Crippen LogP contribution in [0.4, 0.5) is 23.2 Å². The molecule has 124 valence electrons. The zero-order valence-corrected chi connectivity index (χ0v) is 12.3. The molecule has 1 heterocycles. The van der Waals surface area contributed by atoms with Gasteiger partial charge in [-0.25, -0.2) is 4.39 Å². The lowest BCUT2D eigenvalue weighted by Crippen LogP contribution is -2.21. The third-order valence-corrected chi connectivity index (χ3v) is 3.81. The number of rotatable bonds is 2. The Labute approximate surface area is 135 Å². The summed E-state index contributed by atoms with van der Waals surface area (Å²) in [5.74, 6) is -0.388. The van der Waals surface area contributed by atoms with E-state index in [4.69, 9.17) is 10.00 Å². The number of nitrogens with zero attached hydrogens (tertiary/aromatic N) is 1.